The topological polar surface area (TPSA) is 49.3 Å². The fourth-order valence-electron chi connectivity index (χ4n) is 1.13. The standard InChI is InChI=1S/C12H18N4S/c1-4-9(2)14-12(17)16-15-10(3)11-7-5-6-8-13-11/h5-9H,4H2,1-3H3,(H2,14,16,17)/b15-10-. The molecule has 0 radical (unpaired) electrons. The van der Waals surface area contributed by atoms with Crippen LogP contribution in [0.25, 0.3) is 0 Å². The van der Waals surface area contributed by atoms with Gasteiger partial charge in [0.2, 0.25) is 0 Å². The number of hydrogen-bond donors (Lipinski definition) is 2. The first-order valence-electron chi connectivity index (χ1n) is 5.65. The molecular weight excluding hydrogens is 232 g/mol. The van der Waals surface area contributed by atoms with Crippen molar-refractivity contribution in [2.75, 3.05) is 0 Å². The van der Waals surface area contributed by atoms with Crippen LogP contribution >= 0.6 is 12.2 Å². The van der Waals surface area contributed by atoms with E-state index in [0.29, 0.717) is 11.2 Å². The maximum Gasteiger partial charge on any atom is 0.187 e. The summed E-state index contributed by atoms with van der Waals surface area (Å²) in [5.41, 5.74) is 4.46. The van der Waals surface area contributed by atoms with Crippen LogP contribution in [-0.2, 0) is 0 Å². The highest BCUT2D eigenvalue weighted by molar-refractivity contribution is 7.80. The van der Waals surface area contributed by atoms with E-state index in [9.17, 15) is 0 Å². The maximum atomic E-state index is 5.12. The summed E-state index contributed by atoms with van der Waals surface area (Å²) >= 11 is 5.12. The number of hydrazone groups is 1. The van der Waals surface area contributed by atoms with Gasteiger partial charge in [0.15, 0.2) is 5.11 Å². The van der Waals surface area contributed by atoms with Gasteiger partial charge in [-0.3, -0.25) is 10.4 Å². The molecule has 0 bridgehead atoms. The molecule has 0 saturated carbocycles. The van der Waals surface area contributed by atoms with Gasteiger partial charge in [0, 0.05) is 12.2 Å². The van der Waals surface area contributed by atoms with Crippen LogP contribution < -0.4 is 10.7 Å². The van der Waals surface area contributed by atoms with E-state index in [1.807, 2.05) is 25.1 Å². The lowest BCUT2D eigenvalue weighted by molar-refractivity contribution is 0.635. The molecule has 4 nitrogen and oxygen atoms in total. The molecule has 0 saturated heterocycles. The number of nitrogens with zero attached hydrogens (tertiary/aromatic N) is 2. The number of nitrogens with one attached hydrogen (secondary N) is 2. The lowest BCUT2D eigenvalue weighted by atomic mass is 10.3. The van der Waals surface area contributed by atoms with Gasteiger partial charge in [-0.2, -0.15) is 5.10 Å². The molecule has 1 aromatic rings. The highest BCUT2D eigenvalue weighted by Gasteiger charge is 2.01. The minimum Gasteiger partial charge on any atom is -0.359 e. The summed E-state index contributed by atoms with van der Waals surface area (Å²) in [6.07, 6.45) is 2.76. The Morgan fingerprint density at radius 3 is 2.88 bits per heavy atom. The third-order valence-corrected chi connectivity index (χ3v) is 2.56. The molecule has 0 spiro atoms. The smallest absolute Gasteiger partial charge is 0.187 e. The third-order valence-electron chi connectivity index (χ3n) is 2.35. The van der Waals surface area contributed by atoms with Crippen LogP contribution in [0, 0.1) is 0 Å². The van der Waals surface area contributed by atoms with Gasteiger partial charge in [0.05, 0.1) is 11.4 Å². The largest absolute Gasteiger partial charge is 0.359 e. The zero-order valence-electron chi connectivity index (χ0n) is 10.4. The highest BCUT2D eigenvalue weighted by atomic mass is 32.1. The van der Waals surface area contributed by atoms with E-state index < -0.39 is 0 Å². The average Bonchev–Trinajstić information content (AvgIpc) is 2.36. The molecule has 1 atom stereocenters. The van der Waals surface area contributed by atoms with Gasteiger partial charge in [0.1, 0.15) is 0 Å². The highest BCUT2D eigenvalue weighted by Crippen LogP contribution is 1.95. The van der Waals surface area contributed by atoms with Crippen molar-refractivity contribution in [2.24, 2.45) is 5.10 Å². The predicted molar refractivity (Wildman–Crippen MR) is 75.1 cm³/mol. The third kappa shape index (κ3) is 4.91. The fraction of sp³-hybridized carbons (Fsp3) is 0.417. The second-order valence-electron chi connectivity index (χ2n) is 3.81. The normalized spacial score (nSPS) is 13.0. The van der Waals surface area contributed by atoms with Crippen LogP contribution in [0.1, 0.15) is 32.9 Å². The van der Waals surface area contributed by atoms with Crippen LogP contribution in [0.5, 0.6) is 0 Å². The van der Waals surface area contributed by atoms with Crippen molar-refractivity contribution in [2.45, 2.75) is 33.2 Å². The van der Waals surface area contributed by atoms with Gasteiger partial charge in [-0.1, -0.05) is 13.0 Å². The summed E-state index contributed by atoms with van der Waals surface area (Å²) in [6.45, 7) is 6.06. The molecule has 0 aliphatic carbocycles. The molecule has 1 heterocycles. The summed E-state index contributed by atoms with van der Waals surface area (Å²) in [5, 5.41) is 7.85. The number of hydrogen-bond acceptors (Lipinski definition) is 3. The molecule has 0 aromatic carbocycles. The summed E-state index contributed by atoms with van der Waals surface area (Å²) in [7, 11) is 0. The SMILES string of the molecule is CCC(C)NC(=S)N/N=C(/C)c1ccccn1. The molecule has 0 amide bonds. The first kappa shape index (κ1) is 13.6. The summed E-state index contributed by atoms with van der Waals surface area (Å²) < 4.78 is 0. The summed E-state index contributed by atoms with van der Waals surface area (Å²) in [4.78, 5) is 4.20. The molecule has 0 fully saturated rings. The van der Waals surface area contributed by atoms with Gasteiger partial charge >= 0.3 is 0 Å². The quantitative estimate of drug-likeness (QED) is 0.488. The Kier molecular flexibility index (Phi) is 5.56. The Labute approximate surface area is 108 Å². The Bertz CT molecular complexity index is 389. The van der Waals surface area contributed by atoms with Crippen molar-refractivity contribution >= 4 is 23.0 Å². The van der Waals surface area contributed by atoms with Crippen LogP contribution in [0.4, 0.5) is 0 Å². The molecule has 17 heavy (non-hydrogen) atoms. The van der Waals surface area contributed by atoms with Gasteiger partial charge in [0.25, 0.3) is 0 Å². The minimum absolute atomic E-state index is 0.348. The van der Waals surface area contributed by atoms with Gasteiger partial charge in [-0.15, -0.1) is 0 Å². The predicted octanol–water partition coefficient (Wildman–Crippen LogP) is 2.07. The van der Waals surface area contributed by atoms with Crippen molar-refractivity contribution < 1.29 is 0 Å². The zero-order chi connectivity index (χ0) is 12.7. The molecule has 2 N–H and O–H groups in total. The monoisotopic (exact) mass is 250 g/mol. The van der Waals surface area contributed by atoms with Crippen LogP contribution in [0.2, 0.25) is 0 Å². The maximum absolute atomic E-state index is 5.12. The molecule has 1 aromatic heterocycles. The minimum atomic E-state index is 0.348. The molecule has 5 heteroatoms. The van der Waals surface area contributed by atoms with Gasteiger partial charge in [-0.25, -0.2) is 0 Å². The Balaban J connectivity index is 2.51. The second kappa shape index (κ2) is 6.96. The molecule has 92 valence electrons. The van der Waals surface area contributed by atoms with E-state index in [4.69, 9.17) is 12.2 Å². The molecule has 1 unspecified atom stereocenters. The molecular formula is C12H18N4S. The van der Waals surface area contributed by atoms with Crippen molar-refractivity contribution in [1.29, 1.82) is 0 Å². The fourth-order valence-corrected chi connectivity index (χ4v) is 1.37. The molecule has 0 aliphatic rings. The van der Waals surface area contributed by atoms with Crippen molar-refractivity contribution in [1.82, 2.24) is 15.7 Å². The van der Waals surface area contributed by atoms with Gasteiger partial charge < -0.3 is 5.32 Å². The Hall–Kier alpha value is -1.49. The van der Waals surface area contributed by atoms with Crippen LogP contribution in [0.3, 0.4) is 0 Å². The van der Waals surface area contributed by atoms with E-state index in [2.05, 4.69) is 34.7 Å². The zero-order valence-corrected chi connectivity index (χ0v) is 11.2. The average molecular weight is 250 g/mol. The lowest BCUT2D eigenvalue weighted by Crippen LogP contribution is -2.38. The lowest BCUT2D eigenvalue weighted by Gasteiger charge is -2.13. The van der Waals surface area contributed by atoms with E-state index in [1.165, 1.54) is 0 Å². The van der Waals surface area contributed by atoms with Crippen LogP contribution in [0.15, 0.2) is 29.5 Å². The number of thiocarbonyl (C=S) groups is 1. The Morgan fingerprint density at radius 1 is 1.53 bits per heavy atom. The number of rotatable bonds is 4. The van der Waals surface area contributed by atoms with Gasteiger partial charge in [-0.05, 0) is 44.6 Å². The van der Waals surface area contributed by atoms with E-state index in [1.54, 1.807) is 6.20 Å². The number of aromatic nitrogens is 1. The summed E-state index contributed by atoms with van der Waals surface area (Å²) in [5.74, 6) is 0. The van der Waals surface area contributed by atoms with Crippen molar-refractivity contribution in [3.05, 3.63) is 30.1 Å². The first-order chi connectivity index (χ1) is 8.13. The second-order valence-corrected chi connectivity index (χ2v) is 4.22. The number of pyridine rings is 1. The first-order valence-corrected chi connectivity index (χ1v) is 6.06. The van der Waals surface area contributed by atoms with Crippen LogP contribution in [-0.4, -0.2) is 21.8 Å². The van der Waals surface area contributed by atoms with E-state index in [0.717, 1.165) is 17.8 Å². The molecule has 0 aliphatic heterocycles. The van der Waals surface area contributed by atoms with Crippen molar-refractivity contribution in [3.8, 4) is 0 Å². The Morgan fingerprint density at radius 2 is 2.29 bits per heavy atom. The van der Waals surface area contributed by atoms with Crippen molar-refractivity contribution in [3.63, 3.8) is 0 Å². The molecule has 1 rings (SSSR count). The van der Waals surface area contributed by atoms with E-state index in [-0.39, 0.29) is 0 Å². The van der Waals surface area contributed by atoms with E-state index >= 15 is 0 Å². The summed E-state index contributed by atoms with van der Waals surface area (Å²) in [6, 6.07) is 6.06.